The first kappa shape index (κ1) is 23.6. The maximum Gasteiger partial charge on any atom is 0.321 e. The molecule has 0 spiro atoms. The molecule has 1 aliphatic heterocycles. The molecule has 1 fully saturated rings. The predicted molar refractivity (Wildman–Crippen MR) is 129 cm³/mol. The summed E-state index contributed by atoms with van der Waals surface area (Å²) >= 11 is 0. The van der Waals surface area contributed by atoms with Gasteiger partial charge in [0.1, 0.15) is 5.82 Å². The molecule has 2 amide bonds. The van der Waals surface area contributed by atoms with Crippen LogP contribution in [0.2, 0.25) is 0 Å². The third-order valence-electron chi connectivity index (χ3n) is 6.36. The standard InChI is InChI=1S/C27H23F3N4O2/c1-27(29,30)26(36)32-22-14-24(35)34(25(22)17-7-3-2-4-8-17)20-11-12-23-19(13-20)15-31-33(23)16-18-9-5-6-10-21(18)28/h2-13,15,22,25H,14,16H2,1H3,(H,32,36)/t22?,25-/m1/s1. The molecule has 1 unspecified atom stereocenters. The largest absolute Gasteiger partial charge is 0.345 e. The minimum absolute atomic E-state index is 0.119. The van der Waals surface area contributed by atoms with Gasteiger partial charge in [-0.2, -0.15) is 13.9 Å². The Bertz CT molecular complexity index is 1430. The maximum absolute atomic E-state index is 14.1. The molecule has 3 aromatic carbocycles. The van der Waals surface area contributed by atoms with Crippen molar-refractivity contribution >= 4 is 28.4 Å². The number of benzene rings is 3. The number of halogens is 3. The normalized spacial score (nSPS) is 18.1. The molecule has 1 aliphatic rings. The van der Waals surface area contributed by atoms with Gasteiger partial charge in [0.25, 0.3) is 5.91 Å². The quantitative estimate of drug-likeness (QED) is 0.419. The number of anilines is 1. The Labute approximate surface area is 205 Å². The van der Waals surface area contributed by atoms with Gasteiger partial charge in [-0.1, -0.05) is 48.5 Å². The van der Waals surface area contributed by atoms with Crippen molar-refractivity contribution in [1.29, 1.82) is 0 Å². The molecule has 184 valence electrons. The van der Waals surface area contributed by atoms with E-state index in [1.54, 1.807) is 71.5 Å². The zero-order chi connectivity index (χ0) is 25.4. The minimum atomic E-state index is -3.57. The number of carbonyl (C=O) groups is 2. The van der Waals surface area contributed by atoms with E-state index in [4.69, 9.17) is 0 Å². The highest BCUT2D eigenvalue weighted by molar-refractivity contribution is 6.00. The van der Waals surface area contributed by atoms with Crippen molar-refractivity contribution in [2.75, 3.05) is 4.90 Å². The van der Waals surface area contributed by atoms with Crippen LogP contribution in [0, 0.1) is 5.82 Å². The molecule has 2 atom stereocenters. The minimum Gasteiger partial charge on any atom is -0.345 e. The van der Waals surface area contributed by atoms with E-state index in [-0.39, 0.29) is 24.7 Å². The Kier molecular flexibility index (Phi) is 5.99. The van der Waals surface area contributed by atoms with Gasteiger partial charge in [-0.25, -0.2) is 4.39 Å². The van der Waals surface area contributed by atoms with Crippen LogP contribution in [0.15, 0.2) is 79.0 Å². The Morgan fingerprint density at radius 1 is 1.08 bits per heavy atom. The second-order valence-corrected chi connectivity index (χ2v) is 8.93. The van der Waals surface area contributed by atoms with Crippen LogP contribution < -0.4 is 10.2 Å². The van der Waals surface area contributed by atoms with Crippen molar-refractivity contribution in [1.82, 2.24) is 15.1 Å². The first-order valence-corrected chi connectivity index (χ1v) is 11.5. The third kappa shape index (κ3) is 4.44. The van der Waals surface area contributed by atoms with Gasteiger partial charge in [-0.15, -0.1) is 0 Å². The monoisotopic (exact) mass is 492 g/mol. The maximum atomic E-state index is 14.1. The zero-order valence-electron chi connectivity index (χ0n) is 19.4. The molecule has 0 aliphatic carbocycles. The van der Waals surface area contributed by atoms with Gasteiger partial charge in [-0.05, 0) is 29.8 Å². The number of rotatable bonds is 6. The lowest BCUT2D eigenvalue weighted by Gasteiger charge is -2.29. The van der Waals surface area contributed by atoms with E-state index < -0.39 is 23.9 Å². The van der Waals surface area contributed by atoms with Gasteiger partial charge in [0.2, 0.25) is 5.91 Å². The molecule has 0 bridgehead atoms. The highest BCUT2D eigenvalue weighted by Gasteiger charge is 2.45. The first-order valence-electron chi connectivity index (χ1n) is 11.5. The molecular weight excluding hydrogens is 469 g/mol. The molecule has 0 saturated carbocycles. The summed E-state index contributed by atoms with van der Waals surface area (Å²) in [4.78, 5) is 26.7. The SMILES string of the molecule is CC(F)(F)C(=O)NC1CC(=O)N(c2ccc3c(cnn3Cc3ccccc3F)c2)[C@@H]1c1ccccc1. The van der Waals surface area contributed by atoms with Crippen molar-refractivity contribution in [3.05, 3.63) is 95.9 Å². The Hall–Kier alpha value is -4.14. The number of nitrogens with zero attached hydrogens (tertiary/aromatic N) is 3. The molecular formula is C27H23F3N4O2. The number of alkyl halides is 2. The molecule has 6 nitrogen and oxygen atoms in total. The first-order chi connectivity index (χ1) is 17.2. The van der Waals surface area contributed by atoms with Crippen molar-refractivity contribution in [3.63, 3.8) is 0 Å². The number of amides is 2. The topological polar surface area (TPSA) is 67.2 Å². The number of hydrogen-bond donors (Lipinski definition) is 1. The van der Waals surface area contributed by atoms with Crippen LogP contribution >= 0.6 is 0 Å². The van der Waals surface area contributed by atoms with Crippen LogP contribution in [-0.2, 0) is 16.1 Å². The fraction of sp³-hybridized carbons (Fsp3) is 0.222. The molecule has 2 heterocycles. The second kappa shape index (κ2) is 9.14. The summed E-state index contributed by atoms with van der Waals surface area (Å²) in [6.07, 6.45) is 1.51. The Balaban J connectivity index is 1.50. The molecule has 1 aromatic heterocycles. The van der Waals surface area contributed by atoms with Gasteiger partial charge >= 0.3 is 5.92 Å². The summed E-state index contributed by atoms with van der Waals surface area (Å²) in [7, 11) is 0. The molecule has 4 aromatic rings. The molecule has 1 saturated heterocycles. The zero-order valence-corrected chi connectivity index (χ0v) is 19.4. The van der Waals surface area contributed by atoms with Crippen LogP contribution in [-0.4, -0.2) is 33.6 Å². The van der Waals surface area contributed by atoms with Gasteiger partial charge in [0, 0.05) is 30.0 Å². The van der Waals surface area contributed by atoms with E-state index >= 15 is 0 Å². The van der Waals surface area contributed by atoms with Gasteiger partial charge in [0.15, 0.2) is 0 Å². The smallest absolute Gasteiger partial charge is 0.321 e. The van der Waals surface area contributed by atoms with Crippen LogP contribution in [0.4, 0.5) is 18.9 Å². The molecule has 1 N–H and O–H groups in total. The summed E-state index contributed by atoms with van der Waals surface area (Å²) < 4.78 is 43.1. The van der Waals surface area contributed by atoms with E-state index in [1.807, 2.05) is 6.07 Å². The number of hydrogen-bond acceptors (Lipinski definition) is 3. The van der Waals surface area contributed by atoms with Crippen LogP contribution in [0.1, 0.15) is 30.5 Å². The summed E-state index contributed by atoms with van der Waals surface area (Å²) in [5.41, 5.74) is 2.51. The average molecular weight is 493 g/mol. The lowest BCUT2D eigenvalue weighted by Crippen LogP contribution is -2.46. The van der Waals surface area contributed by atoms with E-state index in [1.165, 1.54) is 11.0 Å². The lowest BCUT2D eigenvalue weighted by molar-refractivity contribution is -0.143. The van der Waals surface area contributed by atoms with Gasteiger partial charge in [0.05, 0.1) is 30.3 Å². The molecule has 36 heavy (non-hydrogen) atoms. The van der Waals surface area contributed by atoms with Crippen molar-refractivity contribution in [3.8, 4) is 0 Å². The third-order valence-corrected chi connectivity index (χ3v) is 6.36. The summed E-state index contributed by atoms with van der Waals surface area (Å²) in [5, 5.41) is 7.48. The molecule has 9 heteroatoms. The molecule has 0 radical (unpaired) electrons. The summed E-state index contributed by atoms with van der Waals surface area (Å²) in [6, 6.07) is 19.3. The molecule has 5 rings (SSSR count). The summed E-state index contributed by atoms with van der Waals surface area (Å²) in [6.45, 7) is 0.769. The van der Waals surface area contributed by atoms with Crippen molar-refractivity contribution < 1.29 is 22.8 Å². The highest BCUT2D eigenvalue weighted by Crippen LogP contribution is 2.38. The van der Waals surface area contributed by atoms with E-state index in [0.717, 1.165) is 10.9 Å². The van der Waals surface area contributed by atoms with E-state index in [0.29, 0.717) is 23.7 Å². The van der Waals surface area contributed by atoms with Gasteiger partial charge < -0.3 is 10.2 Å². The van der Waals surface area contributed by atoms with E-state index in [9.17, 15) is 22.8 Å². The predicted octanol–water partition coefficient (Wildman–Crippen LogP) is 4.84. The van der Waals surface area contributed by atoms with Crippen LogP contribution in [0.25, 0.3) is 10.9 Å². The Morgan fingerprint density at radius 2 is 1.81 bits per heavy atom. The fourth-order valence-electron chi connectivity index (χ4n) is 4.63. The van der Waals surface area contributed by atoms with Crippen LogP contribution in [0.3, 0.4) is 0 Å². The number of aromatic nitrogens is 2. The van der Waals surface area contributed by atoms with Crippen molar-refractivity contribution in [2.24, 2.45) is 0 Å². The number of nitrogens with one attached hydrogen (secondary N) is 1. The lowest BCUT2D eigenvalue weighted by atomic mass is 9.99. The van der Waals surface area contributed by atoms with Gasteiger partial charge in [-0.3, -0.25) is 14.3 Å². The van der Waals surface area contributed by atoms with Crippen molar-refractivity contribution in [2.45, 2.75) is 37.9 Å². The average Bonchev–Trinajstić information content (AvgIpc) is 3.40. The fourth-order valence-corrected chi connectivity index (χ4v) is 4.63. The second-order valence-electron chi connectivity index (χ2n) is 8.93. The van der Waals surface area contributed by atoms with Crippen LogP contribution in [0.5, 0.6) is 0 Å². The number of carbonyl (C=O) groups excluding carboxylic acids is 2. The highest BCUT2D eigenvalue weighted by atomic mass is 19.3. The Morgan fingerprint density at radius 3 is 2.53 bits per heavy atom. The number of fused-ring (bicyclic) bond motifs is 1. The summed E-state index contributed by atoms with van der Waals surface area (Å²) in [5.74, 6) is -5.61. The van der Waals surface area contributed by atoms with E-state index in [2.05, 4.69) is 10.4 Å².